The van der Waals surface area contributed by atoms with Crippen LogP contribution in [0.1, 0.15) is 0 Å². The minimum absolute atomic E-state index is 0.00861. The maximum absolute atomic E-state index is 12.3. The van der Waals surface area contributed by atoms with E-state index >= 15 is 0 Å². The predicted octanol–water partition coefficient (Wildman–Crippen LogP) is 3.02. The maximum atomic E-state index is 12.3. The van der Waals surface area contributed by atoms with Crippen LogP contribution in [0.4, 0.5) is 0 Å². The van der Waals surface area contributed by atoms with Gasteiger partial charge in [0, 0.05) is 0 Å². The Morgan fingerprint density at radius 2 is 1.65 bits per heavy atom. The molecule has 0 aliphatic carbocycles. The summed E-state index contributed by atoms with van der Waals surface area (Å²) >= 11 is 0. The first kappa shape index (κ1) is 14.1. The second-order valence-corrected chi connectivity index (χ2v) is 5.41. The zero-order valence-electron chi connectivity index (χ0n) is 10.7. The van der Waals surface area contributed by atoms with Gasteiger partial charge >= 0.3 is 10.1 Å². The van der Waals surface area contributed by atoms with E-state index in [2.05, 4.69) is 6.58 Å². The van der Waals surface area contributed by atoms with E-state index in [9.17, 15) is 8.42 Å². The minimum atomic E-state index is -3.93. The standard InChI is InChI=1S/C15H14O4S/c1-2-12-18-14-10-6-7-11-15(14)20(16,17)19-13-8-4-3-5-9-13/h2-11H,1,12H2. The molecule has 2 aromatic rings. The van der Waals surface area contributed by atoms with Crippen LogP contribution in [0.3, 0.4) is 0 Å². The summed E-state index contributed by atoms with van der Waals surface area (Å²) in [5.74, 6) is 0.495. The van der Waals surface area contributed by atoms with Gasteiger partial charge in [-0.05, 0) is 24.3 Å². The van der Waals surface area contributed by atoms with Crippen LogP contribution in [0, 0.1) is 0 Å². The van der Waals surface area contributed by atoms with Crippen LogP contribution in [0.25, 0.3) is 0 Å². The zero-order chi connectivity index (χ0) is 14.4. The molecule has 0 radical (unpaired) electrons. The maximum Gasteiger partial charge on any atom is 0.342 e. The Labute approximate surface area is 118 Å². The first-order valence-corrected chi connectivity index (χ1v) is 7.36. The Balaban J connectivity index is 2.32. The monoisotopic (exact) mass is 290 g/mol. The number of hydrogen-bond acceptors (Lipinski definition) is 4. The van der Waals surface area contributed by atoms with Crippen LogP contribution in [-0.4, -0.2) is 15.0 Å². The smallest absolute Gasteiger partial charge is 0.342 e. The van der Waals surface area contributed by atoms with Crippen LogP contribution in [-0.2, 0) is 10.1 Å². The molecule has 4 nitrogen and oxygen atoms in total. The molecular weight excluding hydrogens is 276 g/mol. The molecule has 0 atom stereocenters. The highest BCUT2D eigenvalue weighted by molar-refractivity contribution is 7.87. The van der Waals surface area contributed by atoms with Crippen LogP contribution < -0.4 is 8.92 Å². The van der Waals surface area contributed by atoms with Crippen molar-refractivity contribution in [2.24, 2.45) is 0 Å². The lowest BCUT2D eigenvalue weighted by atomic mass is 10.3. The van der Waals surface area contributed by atoms with E-state index in [0.29, 0.717) is 0 Å². The van der Waals surface area contributed by atoms with Gasteiger partial charge in [0.15, 0.2) is 0 Å². The van der Waals surface area contributed by atoms with Crippen LogP contribution in [0.2, 0.25) is 0 Å². The van der Waals surface area contributed by atoms with E-state index in [4.69, 9.17) is 8.92 Å². The van der Waals surface area contributed by atoms with Crippen molar-refractivity contribution >= 4 is 10.1 Å². The summed E-state index contributed by atoms with van der Waals surface area (Å²) < 4.78 is 34.9. The number of para-hydroxylation sites is 2. The van der Waals surface area contributed by atoms with Crippen molar-refractivity contribution in [3.05, 3.63) is 67.3 Å². The first-order valence-electron chi connectivity index (χ1n) is 5.96. The van der Waals surface area contributed by atoms with Gasteiger partial charge in [0.1, 0.15) is 23.0 Å². The van der Waals surface area contributed by atoms with Crippen molar-refractivity contribution in [3.63, 3.8) is 0 Å². The van der Waals surface area contributed by atoms with Crippen molar-refractivity contribution in [1.82, 2.24) is 0 Å². The van der Waals surface area contributed by atoms with Crippen LogP contribution >= 0.6 is 0 Å². The van der Waals surface area contributed by atoms with Crippen molar-refractivity contribution in [3.8, 4) is 11.5 Å². The molecule has 2 rings (SSSR count). The molecule has 0 saturated heterocycles. The number of benzene rings is 2. The van der Waals surface area contributed by atoms with E-state index in [1.807, 2.05) is 0 Å². The molecule has 0 spiro atoms. The van der Waals surface area contributed by atoms with Gasteiger partial charge in [0.25, 0.3) is 0 Å². The summed E-state index contributed by atoms with van der Waals surface area (Å²) in [7, 11) is -3.93. The average Bonchev–Trinajstić information content (AvgIpc) is 2.46. The molecule has 0 amide bonds. The Hall–Kier alpha value is -2.27. The molecule has 0 aliphatic rings. The molecule has 0 unspecified atom stereocenters. The first-order chi connectivity index (χ1) is 9.63. The Morgan fingerprint density at radius 1 is 1.00 bits per heavy atom. The third-order valence-electron chi connectivity index (χ3n) is 2.42. The molecule has 0 aromatic heterocycles. The van der Waals surface area contributed by atoms with Gasteiger partial charge in [-0.3, -0.25) is 0 Å². The molecular formula is C15H14O4S. The van der Waals surface area contributed by atoms with Crippen LogP contribution in [0.15, 0.2) is 72.1 Å². The quantitative estimate of drug-likeness (QED) is 0.606. The second-order valence-electron chi connectivity index (χ2n) is 3.90. The lowest BCUT2D eigenvalue weighted by Gasteiger charge is -2.11. The predicted molar refractivity (Wildman–Crippen MR) is 76.4 cm³/mol. The van der Waals surface area contributed by atoms with Crippen molar-refractivity contribution < 1.29 is 17.3 Å². The summed E-state index contributed by atoms with van der Waals surface area (Å²) in [6, 6.07) is 14.6. The van der Waals surface area contributed by atoms with Gasteiger partial charge in [-0.15, -0.1) is 0 Å². The fourth-order valence-corrected chi connectivity index (χ4v) is 2.65. The lowest BCUT2D eigenvalue weighted by Crippen LogP contribution is -2.11. The van der Waals surface area contributed by atoms with Gasteiger partial charge in [0.05, 0.1) is 0 Å². The average molecular weight is 290 g/mol. The molecule has 0 fully saturated rings. The van der Waals surface area contributed by atoms with E-state index in [1.165, 1.54) is 6.07 Å². The normalized spacial score (nSPS) is 10.8. The molecule has 2 aromatic carbocycles. The highest BCUT2D eigenvalue weighted by Gasteiger charge is 2.21. The summed E-state index contributed by atoms with van der Waals surface area (Å²) in [4.78, 5) is -0.00861. The van der Waals surface area contributed by atoms with Gasteiger partial charge in [-0.25, -0.2) is 0 Å². The molecule has 0 saturated carbocycles. The zero-order valence-corrected chi connectivity index (χ0v) is 11.5. The molecule has 5 heteroatoms. The van der Waals surface area contributed by atoms with E-state index in [-0.39, 0.29) is 23.0 Å². The van der Waals surface area contributed by atoms with Gasteiger partial charge in [-0.1, -0.05) is 43.0 Å². The molecule has 0 aliphatic heterocycles. The largest absolute Gasteiger partial charge is 0.488 e. The molecule has 0 N–H and O–H groups in total. The summed E-state index contributed by atoms with van der Waals surface area (Å²) in [6.07, 6.45) is 1.54. The molecule has 0 heterocycles. The third-order valence-corrected chi connectivity index (χ3v) is 3.71. The van der Waals surface area contributed by atoms with Gasteiger partial charge in [-0.2, -0.15) is 8.42 Å². The molecule has 20 heavy (non-hydrogen) atoms. The summed E-state index contributed by atoms with van der Waals surface area (Å²) in [5, 5.41) is 0. The Kier molecular flexibility index (Phi) is 4.42. The van der Waals surface area contributed by atoms with Crippen molar-refractivity contribution in [1.29, 1.82) is 0 Å². The Morgan fingerprint density at radius 3 is 2.35 bits per heavy atom. The Bertz CT molecular complexity index is 678. The SMILES string of the molecule is C=CCOc1ccccc1S(=O)(=O)Oc1ccccc1. The molecule has 0 bridgehead atoms. The summed E-state index contributed by atoms with van der Waals surface area (Å²) in [5.41, 5.74) is 0. The third kappa shape index (κ3) is 3.39. The number of ether oxygens (including phenoxy) is 1. The molecule has 104 valence electrons. The van der Waals surface area contributed by atoms with Gasteiger partial charge in [0.2, 0.25) is 0 Å². The van der Waals surface area contributed by atoms with E-state index in [1.54, 1.807) is 54.6 Å². The van der Waals surface area contributed by atoms with E-state index < -0.39 is 10.1 Å². The van der Waals surface area contributed by atoms with Gasteiger partial charge < -0.3 is 8.92 Å². The van der Waals surface area contributed by atoms with E-state index in [0.717, 1.165) is 0 Å². The lowest BCUT2D eigenvalue weighted by molar-refractivity contribution is 0.351. The minimum Gasteiger partial charge on any atom is -0.488 e. The van der Waals surface area contributed by atoms with Crippen molar-refractivity contribution in [2.75, 3.05) is 6.61 Å². The fourth-order valence-electron chi connectivity index (χ4n) is 1.57. The highest BCUT2D eigenvalue weighted by atomic mass is 32.2. The summed E-state index contributed by atoms with van der Waals surface area (Å²) in [6.45, 7) is 3.75. The number of rotatable bonds is 6. The second kappa shape index (κ2) is 6.25. The number of hydrogen-bond donors (Lipinski definition) is 0. The fraction of sp³-hybridized carbons (Fsp3) is 0.0667. The van der Waals surface area contributed by atoms with Crippen molar-refractivity contribution in [2.45, 2.75) is 4.90 Å². The topological polar surface area (TPSA) is 52.6 Å². The van der Waals surface area contributed by atoms with Crippen LogP contribution in [0.5, 0.6) is 11.5 Å². The highest BCUT2D eigenvalue weighted by Crippen LogP contribution is 2.26.